The minimum atomic E-state index is -0.0409. The second-order valence-corrected chi connectivity index (χ2v) is 5.63. The lowest BCUT2D eigenvalue weighted by molar-refractivity contribution is 0.641. The maximum atomic E-state index is 5.63. The van der Waals surface area contributed by atoms with Crippen molar-refractivity contribution in [3.8, 4) is 0 Å². The van der Waals surface area contributed by atoms with E-state index in [0.29, 0.717) is 0 Å². The summed E-state index contributed by atoms with van der Waals surface area (Å²) in [6.45, 7) is 0. The molecule has 4 nitrogen and oxygen atoms in total. The van der Waals surface area contributed by atoms with Crippen molar-refractivity contribution >= 4 is 32.1 Å². The summed E-state index contributed by atoms with van der Waals surface area (Å²) in [6.07, 6.45) is 5.08. The fraction of sp³-hybridized carbons (Fsp3) is 0.0909. The Balaban J connectivity index is 2.03. The quantitative estimate of drug-likeness (QED) is 0.561. The molecule has 3 heterocycles. The Labute approximate surface area is 106 Å². The zero-order valence-corrected chi connectivity index (χ0v) is 10.5. The van der Waals surface area contributed by atoms with E-state index in [0.717, 1.165) is 5.56 Å². The highest BCUT2D eigenvalue weighted by Gasteiger charge is 2.16. The summed E-state index contributed by atoms with van der Waals surface area (Å²) in [7, 11) is 0. The summed E-state index contributed by atoms with van der Waals surface area (Å²) in [4.78, 5) is 9.23. The monoisotopic (exact) mass is 262 g/mol. The van der Waals surface area contributed by atoms with Crippen LogP contribution in [0, 0.1) is 0 Å². The average Bonchev–Trinajstić information content (AvgIpc) is 2.92. The minimum Gasteiger partial charge on any atom is -0.271 e. The average molecular weight is 262 g/mol. The zero-order valence-electron chi connectivity index (χ0n) is 8.83. The van der Waals surface area contributed by atoms with Crippen LogP contribution in [0.15, 0.2) is 36.2 Å². The largest absolute Gasteiger partial charge is 0.271 e. The standard InChI is InChI=1S/C11H10N4S2/c12-15-11(7-4-13-6-14-5-7)10-3-9-8(17-10)1-2-16-9/h1-6,11,15H,12H2. The molecule has 3 aromatic rings. The Kier molecular flexibility index (Phi) is 2.86. The Morgan fingerprint density at radius 1 is 1.24 bits per heavy atom. The lowest BCUT2D eigenvalue weighted by Crippen LogP contribution is -2.28. The molecule has 0 radical (unpaired) electrons. The van der Waals surface area contributed by atoms with Crippen molar-refractivity contribution in [2.45, 2.75) is 6.04 Å². The highest BCUT2D eigenvalue weighted by molar-refractivity contribution is 7.27. The molecule has 17 heavy (non-hydrogen) atoms. The highest BCUT2D eigenvalue weighted by atomic mass is 32.1. The van der Waals surface area contributed by atoms with Crippen LogP contribution in [0.1, 0.15) is 16.5 Å². The van der Waals surface area contributed by atoms with Crippen molar-refractivity contribution in [3.63, 3.8) is 0 Å². The van der Waals surface area contributed by atoms with Gasteiger partial charge < -0.3 is 0 Å². The maximum Gasteiger partial charge on any atom is 0.115 e. The predicted octanol–water partition coefficient (Wildman–Crippen LogP) is 2.31. The third kappa shape index (κ3) is 1.96. The first-order chi connectivity index (χ1) is 8.38. The van der Waals surface area contributed by atoms with E-state index in [1.54, 1.807) is 35.1 Å². The molecule has 0 aliphatic heterocycles. The summed E-state index contributed by atoms with van der Waals surface area (Å²) < 4.78 is 2.59. The third-order valence-corrected chi connectivity index (χ3v) is 4.68. The van der Waals surface area contributed by atoms with Crippen molar-refractivity contribution < 1.29 is 0 Å². The van der Waals surface area contributed by atoms with Crippen LogP contribution in [0.5, 0.6) is 0 Å². The molecule has 0 aliphatic rings. The van der Waals surface area contributed by atoms with Gasteiger partial charge in [0.25, 0.3) is 0 Å². The number of hydrogen-bond donors (Lipinski definition) is 2. The van der Waals surface area contributed by atoms with E-state index in [1.807, 2.05) is 0 Å². The number of nitrogens with zero attached hydrogens (tertiary/aromatic N) is 2. The van der Waals surface area contributed by atoms with Gasteiger partial charge in [0.1, 0.15) is 6.33 Å². The van der Waals surface area contributed by atoms with Crippen LogP contribution in [0.4, 0.5) is 0 Å². The van der Waals surface area contributed by atoms with Crippen molar-refractivity contribution in [1.82, 2.24) is 15.4 Å². The van der Waals surface area contributed by atoms with Crippen LogP contribution < -0.4 is 11.3 Å². The minimum absolute atomic E-state index is 0.0409. The van der Waals surface area contributed by atoms with Gasteiger partial charge in [0.2, 0.25) is 0 Å². The van der Waals surface area contributed by atoms with Gasteiger partial charge in [0, 0.05) is 32.2 Å². The Bertz CT molecular complexity index is 588. The number of nitrogens with one attached hydrogen (secondary N) is 1. The Morgan fingerprint density at radius 3 is 2.76 bits per heavy atom. The maximum absolute atomic E-state index is 5.63. The zero-order chi connectivity index (χ0) is 11.7. The van der Waals surface area contributed by atoms with Crippen molar-refractivity contribution in [1.29, 1.82) is 0 Å². The van der Waals surface area contributed by atoms with Crippen molar-refractivity contribution in [3.05, 3.63) is 46.7 Å². The number of hydrazine groups is 1. The molecule has 0 amide bonds. The smallest absolute Gasteiger partial charge is 0.115 e. The summed E-state index contributed by atoms with van der Waals surface area (Å²) >= 11 is 3.49. The first-order valence-electron chi connectivity index (χ1n) is 5.06. The van der Waals surface area contributed by atoms with Crippen LogP contribution in [0.2, 0.25) is 0 Å². The molecule has 0 aromatic carbocycles. The Hall–Kier alpha value is -1.34. The van der Waals surface area contributed by atoms with Crippen molar-refractivity contribution in [2.75, 3.05) is 0 Å². The third-order valence-electron chi connectivity index (χ3n) is 2.52. The molecule has 6 heteroatoms. The number of fused-ring (bicyclic) bond motifs is 1. The molecular formula is C11H10N4S2. The van der Waals surface area contributed by atoms with Gasteiger partial charge in [-0.25, -0.2) is 15.4 Å². The van der Waals surface area contributed by atoms with Crippen LogP contribution >= 0.6 is 22.7 Å². The van der Waals surface area contributed by atoms with Crippen LogP contribution in [0.25, 0.3) is 9.40 Å². The summed E-state index contributed by atoms with van der Waals surface area (Å²) in [5.41, 5.74) is 3.80. The number of aromatic nitrogens is 2. The van der Waals surface area contributed by atoms with Gasteiger partial charge in [-0.05, 0) is 17.5 Å². The van der Waals surface area contributed by atoms with E-state index >= 15 is 0 Å². The van der Waals surface area contributed by atoms with E-state index in [4.69, 9.17) is 5.84 Å². The normalized spacial score (nSPS) is 13.0. The highest BCUT2D eigenvalue weighted by Crippen LogP contribution is 2.35. The van der Waals surface area contributed by atoms with Crippen molar-refractivity contribution in [2.24, 2.45) is 5.84 Å². The second kappa shape index (κ2) is 4.50. The van der Waals surface area contributed by atoms with Crippen LogP contribution in [-0.2, 0) is 0 Å². The molecule has 0 spiro atoms. The molecule has 3 rings (SSSR count). The van der Waals surface area contributed by atoms with Gasteiger partial charge in [-0.1, -0.05) is 0 Å². The van der Waals surface area contributed by atoms with Gasteiger partial charge in [-0.15, -0.1) is 22.7 Å². The van der Waals surface area contributed by atoms with E-state index in [1.165, 1.54) is 20.6 Å². The first-order valence-corrected chi connectivity index (χ1v) is 6.76. The van der Waals surface area contributed by atoms with E-state index < -0.39 is 0 Å². The molecule has 0 saturated heterocycles. The lowest BCUT2D eigenvalue weighted by atomic mass is 10.1. The fourth-order valence-corrected chi connectivity index (χ4v) is 3.94. The number of nitrogens with two attached hydrogens (primary N) is 1. The lowest BCUT2D eigenvalue weighted by Gasteiger charge is -2.13. The fourth-order valence-electron chi connectivity index (χ4n) is 1.73. The number of rotatable bonds is 3. The van der Waals surface area contributed by atoms with Gasteiger partial charge in [-0.2, -0.15) is 0 Å². The molecule has 1 unspecified atom stereocenters. The molecule has 86 valence electrons. The SMILES string of the molecule is NNC(c1cncnc1)c1cc2sccc2s1. The van der Waals surface area contributed by atoms with Crippen LogP contribution in [-0.4, -0.2) is 9.97 Å². The topological polar surface area (TPSA) is 63.8 Å². The summed E-state index contributed by atoms with van der Waals surface area (Å²) in [5, 5.41) is 2.10. The first kappa shape index (κ1) is 10.8. The number of thiophene rings is 2. The molecule has 0 saturated carbocycles. The van der Waals surface area contributed by atoms with Gasteiger partial charge in [0.05, 0.1) is 6.04 Å². The summed E-state index contributed by atoms with van der Waals surface area (Å²) in [6, 6.07) is 4.26. The van der Waals surface area contributed by atoms with Gasteiger partial charge in [0.15, 0.2) is 0 Å². The molecule has 3 aromatic heterocycles. The van der Waals surface area contributed by atoms with Gasteiger partial charge in [-0.3, -0.25) is 5.84 Å². The summed E-state index contributed by atoms with van der Waals surface area (Å²) in [5.74, 6) is 5.63. The molecule has 0 bridgehead atoms. The van der Waals surface area contributed by atoms with E-state index in [-0.39, 0.29) is 6.04 Å². The molecule has 3 N–H and O–H groups in total. The van der Waals surface area contributed by atoms with Gasteiger partial charge >= 0.3 is 0 Å². The van der Waals surface area contributed by atoms with Crippen LogP contribution in [0.3, 0.4) is 0 Å². The Morgan fingerprint density at radius 2 is 2.06 bits per heavy atom. The predicted molar refractivity (Wildman–Crippen MR) is 70.9 cm³/mol. The van der Waals surface area contributed by atoms with E-state index in [2.05, 4.69) is 32.9 Å². The number of hydrogen-bond acceptors (Lipinski definition) is 6. The molecule has 1 atom stereocenters. The molecule has 0 aliphatic carbocycles. The molecule has 0 fully saturated rings. The second-order valence-electron chi connectivity index (χ2n) is 3.57. The molecular weight excluding hydrogens is 252 g/mol. The van der Waals surface area contributed by atoms with E-state index in [9.17, 15) is 0 Å².